The van der Waals surface area contributed by atoms with Crippen molar-refractivity contribution in [2.45, 2.75) is 36.8 Å². The Bertz CT molecular complexity index is 2250. The highest BCUT2D eigenvalue weighted by Crippen LogP contribution is 2.56. The number of ether oxygens (including phenoxy) is 2. The van der Waals surface area contributed by atoms with Crippen molar-refractivity contribution in [1.82, 2.24) is 29.6 Å². The van der Waals surface area contributed by atoms with Gasteiger partial charge in [0.25, 0.3) is 0 Å². The van der Waals surface area contributed by atoms with E-state index in [0.717, 1.165) is 101 Å². The van der Waals surface area contributed by atoms with E-state index in [4.69, 9.17) is 42.6 Å². The normalized spacial score (nSPS) is 17.4. The third kappa shape index (κ3) is 10.4. The van der Waals surface area contributed by atoms with Crippen molar-refractivity contribution in [3.05, 3.63) is 190 Å². The molecule has 0 radical (unpaired) electrons. The molecule has 0 spiro atoms. The van der Waals surface area contributed by atoms with Gasteiger partial charge in [-0.2, -0.15) is 0 Å². The molecule has 0 amide bonds. The Hall–Kier alpha value is -4.94. The molecule has 2 fully saturated rings. The standard InChI is InChI=1S/C54H60Cl2F2N6O2/c1-61(39-41-25-31-63(32-26-41)35-37-65-49-13-5-3-11-47(49)57)53(51-15-7-9-29-59-51,43-17-21-45(55)22-18-43)54(52-16-8-10-30-60-52,44-19-23-46(56)24-20-44)62(2)40-42-27-33-64(34-28-42)36-38-66-50-14-6-4-12-48(50)58/h3-24,29-30,41-42H,25-28,31-40H2,1-2H3/t53-,54?/m0/s1. The second-order valence-electron chi connectivity index (χ2n) is 17.8. The summed E-state index contributed by atoms with van der Waals surface area (Å²) in [6.07, 6.45) is 7.74. The number of hydrogen-bond donors (Lipinski definition) is 0. The molecule has 8 nitrogen and oxygen atoms in total. The van der Waals surface area contributed by atoms with Crippen LogP contribution < -0.4 is 9.47 Å². The van der Waals surface area contributed by atoms with Crippen LogP contribution in [0.2, 0.25) is 10.0 Å². The van der Waals surface area contributed by atoms with Gasteiger partial charge in [0.1, 0.15) is 24.3 Å². The quantitative estimate of drug-likeness (QED) is 0.0796. The summed E-state index contributed by atoms with van der Waals surface area (Å²) in [5.41, 5.74) is 1.88. The van der Waals surface area contributed by atoms with E-state index in [2.05, 4.69) is 82.2 Å². The van der Waals surface area contributed by atoms with Crippen molar-refractivity contribution < 1.29 is 18.3 Å². The van der Waals surface area contributed by atoms with Crippen molar-refractivity contribution in [3.63, 3.8) is 0 Å². The number of halogens is 4. The topological polar surface area (TPSA) is 57.2 Å². The maximum Gasteiger partial charge on any atom is 0.165 e. The average Bonchev–Trinajstić information content (AvgIpc) is 3.34. The average molecular weight is 934 g/mol. The molecule has 66 heavy (non-hydrogen) atoms. The Morgan fingerprint density at radius 2 is 0.894 bits per heavy atom. The number of benzene rings is 4. The van der Waals surface area contributed by atoms with E-state index in [-0.39, 0.29) is 23.1 Å². The molecule has 346 valence electrons. The molecule has 12 heteroatoms. The van der Waals surface area contributed by atoms with Crippen LogP contribution in [-0.4, -0.2) is 109 Å². The molecule has 8 rings (SSSR count). The second-order valence-corrected chi connectivity index (χ2v) is 18.6. The number of para-hydroxylation sites is 2. The van der Waals surface area contributed by atoms with Gasteiger partial charge in [-0.05, 0) is 162 Å². The number of pyridine rings is 2. The zero-order valence-electron chi connectivity index (χ0n) is 37.9. The van der Waals surface area contributed by atoms with E-state index in [0.29, 0.717) is 35.1 Å². The summed E-state index contributed by atoms with van der Waals surface area (Å²) in [4.78, 5) is 20.6. The first-order valence-corrected chi connectivity index (χ1v) is 23.9. The summed E-state index contributed by atoms with van der Waals surface area (Å²) in [6.45, 7) is 7.47. The van der Waals surface area contributed by atoms with Crippen LogP contribution in [0.5, 0.6) is 11.5 Å². The number of piperidine rings is 2. The molecule has 0 saturated carbocycles. The molecule has 4 aromatic carbocycles. The Labute approximate surface area is 399 Å². The number of rotatable bonds is 19. The van der Waals surface area contributed by atoms with Gasteiger partial charge in [-0.1, -0.05) is 83.9 Å². The van der Waals surface area contributed by atoms with Crippen LogP contribution in [0.3, 0.4) is 0 Å². The lowest BCUT2D eigenvalue weighted by atomic mass is 9.62. The summed E-state index contributed by atoms with van der Waals surface area (Å²) in [6, 6.07) is 42.2. The predicted molar refractivity (Wildman–Crippen MR) is 260 cm³/mol. The highest BCUT2D eigenvalue weighted by atomic mass is 35.5. The maximum atomic E-state index is 14.3. The third-order valence-electron chi connectivity index (χ3n) is 13.7. The minimum atomic E-state index is -0.981. The lowest BCUT2D eigenvalue weighted by Crippen LogP contribution is -2.68. The molecular weight excluding hydrogens is 874 g/mol. The summed E-state index contributed by atoms with van der Waals surface area (Å²) in [5, 5.41) is 1.30. The molecule has 0 bridgehead atoms. The zero-order valence-corrected chi connectivity index (χ0v) is 39.4. The van der Waals surface area contributed by atoms with Gasteiger partial charge in [-0.15, -0.1) is 0 Å². The first-order valence-electron chi connectivity index (χ1n) is 23.2. The van der Waals surface area contributed by atoms with E-state index in [1.165, 1.54) is 12.1 Å². The number of nitrogens with zero attached hydrogens (tertiary/aromatic N) is 6. The van der Waals surface area contributed by atoms with Crippen molar-refractivity contribution in [2.24, 2.45) is 11.8 Å². The lowest BCUT2D eigenvalue weighted by molar-refractivity contribution is -0.0386. The molecule has 0 N–H and O–H groups in total. The van der Waals surface area contributed by atoms with Crippen LogP contribution in [0.15, 0.2) is 146 Å². The van der Waals surface area contributed by atoms with Gasteiger partial charge in [0, 0.05) is 48.6 Å². The summed E-state index contributed by atoms with van der Waals surface area (Å²) in [7, 11) is 4.50. The van der Waals surface area contributed by atoms with Crippen molar-refractivity contribution in [2.75, 3.05) is 79.7 Å². The van der Waals surface area contributed by atoms with Crippen LogP contribution >= 0.6 is 23.2 Å². The smallest absolute Gasteiger partial charge is 0.165 e. The Kier molecular flexibility index (Phi) is 16.0. The first kappa shape index (κ1) is 47.5. The van der Waals surface area contributed by atoms with Crippen LogP contribution in [0.25, 0.3) is 0 Å². The minimum absolute atomic E-state index is 0.290. The number of hydrogen-bond acceptors (Lipinski definition) is 8. The van der Waals surface area contributed by atoms with Gasteiger partial charge < -0.3 is 9.47 Å². The Morgan fingerprint density at radius 1 is 0.530 bits per heavy atom. The van der Waals surface area contributed by atoms with Gasteiger partial charge in [-0.3, -0.25) is 29.6 Å². The van der Waals surface area contributed by atoms with Gasteiger partial charge in [0.2, 0.25) is 0 Å². The molecule has 2 aliphatic rings. The monoisotopic (exact) mass is 932 g/mol. The van der Waals surface area contributed by atoms with Crippen molar-refractivity contribution in [3.8, 4) is 11.5 Å². The van der Waals surface area contributed by atoms with Crippen LogP contribution in [-0.2, 0) is 11.1 Å². The largest absolute Gasteiger partial charge is 0.489 e. The molecule has 2 saturated heterocycles. The van der Waals surface area contributed by atoms with E-state index in [1.54, 1.807) is 36.4 Å². The van der Waals surface area contributed by atoms with E-state index in [9.17, 15) is 8.78 Å². The van der Waals surface area contributed by atoms with Crippen LogP contribution in [0, 0.1) is 23.5 Å². The van der Waals surface area contributed by atoms with Gasteiger partial charge in [0.15, 0.2) is 23.1 Å². The van der Waals surface area contributed by atoms with E-state index in [1.807, 2.05) is 48.8 Å². The molecule has 1 unspecified atom stereocenters. The van der Waals surface area contributed by atoms with Crippen molar-refractivity contribution >= 4 is 23.2 Å². The van der Waals surface area contributed by atoms with Gasteiger partial charge in [-0.25, -0.2) is 8.78 Å². The first-order chi connectivity index (χ1) is 32.2. The fourth-order valence-electron chi connectivity index (χ4n) is 10.5. The summed E-state index contributed by atoms with van der Waals surface area (Å²) < 4.78 is 40.3. The molecule has 2 aliphatic heterocycles. The van der Waals surface area contributed by atoms with Gasteiger partial charge in [0.05, 0.1) is 11.4 Å². The van der Waals surface area contributed by atoms with E-state index < -0.39 is 11.1 Å². The zero-order chi connectivity index (χ0) is 45.9. The number of aromatic nitrogens is 2. The highest BCUT2D eigenvalue weighted by molar-refractivity contribution is 6.30. The third-order valence-corrected chi connectivity index (χ3v) is 14.2. The highest BCUT2D eigenvalue weighted by Gasteiger charge is 2.62. The maximum absolute atomic E-state index is 14.3. The Balaban J connectivity index is 1.14. The van der Waals surface area contributed by atoms with Crippen molar-refractivity contribution in [1.29, 1.82) is 0 Å². The summed E-state index contributed by atoms with van der Waals surface area (Å²) in [5.74, 6) is 0.618. The van der Waals surface area contributed by atoms with E-state index >= 15 is 0 Å². The Morgan fingerprint density at radius 3 is 1.24 bits per heavy atom. The number of likely N-dealkylation sites (N-methyl/N-ethyl adjacent to an activating group) is 2. The fraction of sp³-hybridized carbons (Fsp3) is 0.370. The lowest BCUT2D eigenvalue weighted by Gasteiger charge is -2.59. The molecule has 0 aliphatic carbocycles. The van der Waals surface area contributed by atoms with Crippen LogP contribution in [0.1, 0.15) is 48.2 Å². The molecule has 2 atom stereocenters. The molecule has 6 aromatic rings. The van der Waals surface area contributed by atoms with Gasteiger partial charge >= 0.3 is 0 Å². The fourth-order valence-corrected chi connectivity index (χ4v) is 10.8. The minimum Gasteiger partial charge on any atom is -0.489 e. The van der Waals surface area contributed by atoms with Crippen LogP contribution in [0.4, 0.5) is 8.78 Å². The predicted octanol–water partition coefficient (Wildman–Crippen LogP) is 10.7. The second kappa shape index (κ2) is 22.2. The number of likely N-dealkylation sites (tertiary alicyclic amines) is 2. The molecule has 2 aromatic heterocycles. The molecule has 4 heterocycles. The summed E-state index contributed by atoms with van der Waals surface area (Å²) >= 11 is 13.5. The SMILES string of the molecule is CN(CC1CCN(CCOc2ccccc2F)CC1)C(c1ccc(Cl)cc1)(c1ccccn1)[C@](c1ccc(Cl)cc1)(c1ccccn1)N(C)CC1CCN(CCOc2ccccc2F)CC1. The molecular formula is C54H60Cl2F2N6O2.